The van der Waals surface area contributed by atoms with Crippen molar-refractivity contribution in [3.05, 3.63) is 23.9 Å². The molecule has 2 aromatic rings. The third kappa shape index (κ3) is 5.94. The second kappa shape index (κ2) is 10.3. The molecule has 1 aromatic heterocycles. The first-order valence-corrected chi connectivity index (χ1v) is 10.9. The molecule has 0 radical (unpaired) electrons. The largest absolute Gasteiger partial charge is 0.493 e. The van der Waals surface area contributed by atoms with Crippen LogP contribution >= 0.6 is 0 Å². The monoisotopic (exact) mass is 446 g/mol. The minimum atomic E-state index is -0.100. The number of carbonyl (C=O) groups is 1. The van der Waals surface area contributed by atoms with E-state index in [0.717, 1.165) is 25.0 Å². The van der Waals surface area contributed by atoms with Crippen LogP contribution < -0.4 is 14.2 Å². The van der Waals surface area contributed by atoms with Gasteiger partial charge >= 0.3 is 0 Å². The predicted octanol–water partition coefficient (Wildman–Crippen LogP) is 4.31. The number of carbonyl (C=O) groups excluding carboxylic acids is 1. The SMILES string of the molecule is COc1cc(-c2cc(CN(C[C@@H]3CCCO3)C(=O)CC(C)(C)C)no2)cc(OC)c1OC. The number of hydrogen-bond donors (Lipinski definition) is 0. The molecule has 1 fully saturated rings. The van der Waals surface area contributed by atoms with Crippen molar-refractivity contribution in [2.45, 2.75) is 52.7 Å². The van der Waals surface area contributed by atoms with E-state index in [0.29, 0.717) is 48.2 Å². The molecule has 0 bridgehead atoms. The molecular weight excluding hydrogens is 412 g/mol. The van der Waals surface area contributed by atoms with E-state index in [1.165, 1.54) is 0 Å². The molecule has 1 aromatic carbocycles. The summed E-state index contributed by atoms with van der Waals surface area (Å²) in [5, 5.41) is 4.22. The minimum absolute atomic E-state index is 0.0698. The third-order valence-electron chi connectivity index (χ3n) is 5.34. The van der Waals surface area contributed by atoms with Crippen molar-refractivity contribution in [2.24, 2.45) is 5.41 Å². The molecule has 1 aliphatic rings. The van der Waals surface area contributed by atoms with Crippen LogP contribution in [0.3, 0.4) is 0 Å². The van der Waals surface area contributed by atoms with E-state index in [9.17, 15) is 4.79 Å². The van der Waals surface area contributed by atoms with Crippen LogP contribution in [0.2, 0.25) is 0 Å². The molecule has 0 aliphatic carbocycles. The van der Waals surface area contributed by atoms with Crippen molar-refractivity contribution in [1.82, 2.24) is 10.1 Å². The molecule has 0 N–H and O–H groups in total. The Morgan fingerprint density at radius 1 is 1.12 bits per heavy atom. The Kier molecular flexibility index (Phi) is 7.66. The predicted molar refractivity (Wildman–Crippen MR) is 120 cm³/mol. The van der Waals surface area contributed by atoms with E-state index in [2.05, 4.69) is 25.9 Å². The van der Waals surface area contributed by atoms with Gasteiger partial charge in [0, 0.05) is 31.2 Å². The van der Waals surface area contributed by atoms with Gasteiger partial charge in [0.05, 0.1) is 34.0 Å². The molecule has 0 saturated carbocycles. The number of amides is 1. The number of rotatable bonds is 9. The van der Waals surface area contributed by atoms with Gasteiger partial charge in [0.1, 0.15) is 5.69 Å². The fourth-order valence-electron chi connectivity index (χ4n) is 3.80. The number of hydrogen-bond acceptors (Lipinski definition) is 7. The van der Waals surface area contributed by atoms with Gasteiger partial charge in [0.25, 0.3) is 0 Å². The molecule has 32 heavy (non-hydrogen) atoms. The lowest BCUT2D eigenvalue weighted by atomic mass is 9.91. The molecule has 2 heterocycles. The van der Waals surface area contributed by atoms with Crippen LogP contribution in [0, 0.1) is 5.41 Å². The van der Waals surface area contributed by atoms with E-state index in [-0.39, 0.29) is 17.4 Å². The maximum Gasteiger partial charge on any atom is 0.223 e. The maximum absolute atomic E-state index is 13.0. The Bertz CT molecular complexity index is 886. The third-order valence-corrected chi connectivity index (χ3v) is 5.34. The van der Waals surface area contributed by atoms with E-state index in [1.807, 2.05) is 11.0 Å². The lowest BCUT2D eigenvalue weighted by Gasteiger charge is -2.28. The van der Waals surface area contributed by atoms with Gasteiger partial charge in [-0.1, -0.05) is 25.9 Å². The van der Waals surface area contributed by atoms with Crippen LogP contribution in [-0.2, 0) is 16.1 Å². The molecule has 1 atom stereocenters. The number of benzene rings is 1. The molecule has 1 aliphatic heterocycles. The standard InChI is InChI=1S/C24H34N2O6/c1-24(2,3)13-22(27)26(15-18-8-7-9-31-18)14-17-12-19(32-25-17)16-10-20(28-4)23(30-6)21(11-16)29-5/h10-12,18H,7-9,13-15H2,1-6H3/t18-/m0/s1. The maximum atomic E-state index is 13.0. The molecule has 176 valence electrons. The van der Waals surface area contributed by atoms with Crippen LogP contribution in [-0.4, -0.2) is 56.5 Å². The van der Waals surface area contributed by atoms with Gasteiger partial charge in [0.2, 0.25) is 11.7 Å². The summed E-state index contributed by atoms with van der Waals surface area (Å²) in [6, 6.07) is 5.45. The van der Waals surface area contributed by atoms with Crippen LogP contribution in [0.5, 0.6) is 17.2 Å². The van der Waals surface area contributed by atoms with Gasteiger partial charge in [-0.05, 0) is 30.4 Å². The van der Waals surface area contributed by atoms with Crippen LogP contribution in [0.25, 0.3) is 11.3 Å². The second-order valence-corrected chi connectivity index (χ2v) is 9.24. The molecular formula is C24H34N2O6. The smallest absolute Gasteiger partial charge is 0.223 e. The van der Waals surface area contributed by atoms with E-state index < -0.39 is 0 Å². The number of nitrogens with zero attached hydrogens (tertiary/aromatic N) is 2. The lowest BCUT2D eigenvalue weighted by molar-refractivity contribution is -0.135. The number of methoxy groups -OCH3 is 3. The first kappa shape index (κ1) is 23.9. The molecule has 3 rings (SSSR count). The zero-order valence-corrected chi connectivity index (χ0v) is 19.9. The Hall–Kier alpha value is -2.74. The Morgan fingerprint density at radius 3 is 2.34 bits per heavy atom. The number of ether oxygens (including phenoxy) is 4. The van der Waals surface area contributed by atoms with Crippen molar-refractivity contribution in [3.8, 4) is 28.6 Å². The summed E-state index contributed by atoms with van der Waals surface area (Å²) in [7, 11) is 4.69. The normalized spacial score (nSPS) is 16.1. The first-order chi connectivity index (χ1) is 15.2. The molecule has 8 heteroatoms. The second-order valence-electron chi connectivity index (χ2n) is 9.24. The summed E-state index contributed by atoms with van der Waals surface area (Å²) in [5.74, 6) is 2.21. The first-order valence-electron chi connectivity index (χ1n) is 10.9. The fourth-order valence-corrected chi connectivity index (χ4v) is 3.80. The molecule has 1 amide bonds. The Morgan fingerprint density at radius 2 is 1.81 bits per heavy atom. The van der Waals surface area contributed by atoms with E-state index in [4.69, 9.17) is 23.5 Å². The summed E-state index contributed by atoms with van der Waals surface area (Å²) in [6.07, 6.45) is 2.52. The van der Waals surface area contributed by atoms with Gasteiger partial charge in [-0.2, -0.15) is 0 Å². The molecule has 0 spiro atoms. The Labute approximate surface area is 189 Å². The zero-order valence-electron chi connectivity index (χ0n) is 19.9. The highest BCUT2D eigenvalue weighted by molar-refractivity contribution is 5.77. The quantitative estimate of drug-likeness (QED) is 0.567. The lowest BCUT2D eigenvalue weighted by Crippen LogP contribution is -2.38. The van der Waals surface area contributed by atoms with Crippen molar-refractivity contribution < 1.29 is 28.3 Å². The average Bonchev–Trinajstić information content (AvgIpc) is 3.43. The van der Waals surface area contributed by atoms with Crippen molar-refractivity contribution >= 4 is 5.91 Å². The summed E-state index contributed by atoms with van der Waals surface area (Å²) in [6.45, 7) is 7.86. The zero-order chi connectivity index (χ0) is 23.3. The molecule has 8 nitrogen and oxygen atoms in total. The van der Waals surface area contributed by atoms with Gasteiger partial charge in [-0.15, -0.1) is 0 Å². The number of aromatic nitrogens is 1. The van der Waals surface area contributed by atoms with Crippen molar-refractivity contribution in [1.29, 1.82) is 0 Å². The van der Waals surface area contributed by atoms with Gasteiger partial charge in [-0.25, -0.2) is 0 Å². The van der Waals surface area contributed by atoms with Gasteiger partial charge in [-0.3, -0.25) is 4.79 Å². The fraction of sp³-hybridized carbons (Fsp3) is 0.583. The van der Waals surface area contributed by atoms with Crippen LogP contribution in [0.4, 0.5) is 0 Å². The highest BCUT2D eigenvalue weighted by atomic mass is 16.5. The molecule has 1 saturated heterocycles. The van der Waals surface area contributed by atoms with Crippen LogP contribution in [0.15, 0.2) is 22.7 Å². The van der Waals surface area contributed by atoms with Crippen molar-refractivity contribution in [3.63, 3.8) is 0 Å². The average molecular weight is 447 g/mol. The van der Waals surface area contributed by atoms with Crippen LogP contribution in [0.1, 0.15) is 45.7 Å². The van der Waals surface area contributed by atoms with Crippen molar-refractivity contribution in [2.75, 3.05) is 34.5 Å². The summed E-state index contributed by atoms with van der Waals surface area (Å²) in [5.41, 5.74) is 1.32. The highest BCUT2D eigenvalue weighted by Gasteiger charge is 2.27. The van der Waals surface area contributed by atoms with Gasteiger partial charge < -0.3 is 28.4 Å². The summed E-state index contributed by atoms with van der Waals surface area (Å²) < 4.78 is 27.6. The Balaban J connectivity index is 1.82. The van der Waals surface area contributed by atoms with Gasteiger partial charge in [0.15, 0.2) is 17.3 Å². The van der Waals surface area contributed by atoms with E-state index >= 15 is 0 Å². The summed E-state index contributed by atoms with van der Waals surface area (Å²) in [4.78, 5) is 14.9. The summed E-state index contributed by atoms with van der Waals surface area (Å²) >= 11 is 0. The highest BCUT2D eigenvalue weighted by Crippen LogP contribution is 2.41. The van der Waals surface area contributed by atoms with E-state index in [1.54, 1.807) is 33.5 Å². The topological polar surface area (TPSA) is 83.3 Å². The minimum Gasteiger partial charge on any atom is -0.493 e. The molecule has 0 unspecified atom stereocenters.